The van der Waals surface area contributed by atoms with Crippen LogP contribution in [0.3, 0.4) is 0 Å². The molecule has 1 saturated heterocycles. The Hall–Kier alpha value is -2.75. The van der Waals surface area contributed by atoms with Crippen LogP contribution in [0.4, 0.5) is 5.69 Å². The van der Waals surface area contributed by atoms with Gasteiger partial charge in [0.05, 0.1) is 11.4 Å². The number of carbonyl (C=O) groups excluding carboxylic acids is 2. The van der Waals surface area contributed by atoms with E-state index in [0.717, 1.165) is 6.42 Å². The quantitative estimate of drug-likeness (QED) is 0.717. The van der Waals surface area contributed by atoms with Crippen molar-refractivity contribution < 1.29 is 18.0 Å². The second kappa shape index (κ2) is 9.38. The summed E-state index contributed by atoms with van der Waals surface area (Å²) in [6.07, 6.45) is 0.936. The van der Waals surface area contributed by atoms with Crippen molar-refractivity contribution in [3.05, 3.63) is 59.7 Å². The van der Waals surface area contributed by atoms with Crippen LogP contribution in [0.5, 0.6) is 0 Å². The number of anilines is 1. The molecule has 1 aliphatic rings. The molecule has 0 bridgehead atoms. The summed E-state index contributed by atoms with van der Waals surface area (Å²) in [7, 11) is -3.76. The molecule has 0 saturated carbocycles. The highest BCUT2D eigenvalue weighted by atomic mass is 32.2. The Morgan fingerprint density at radius 2 is 1.57 bits per heavy atom. The van der Waals surface area contributed by atoms with E-state index in [2.05, 4.69) is 12.2 Å². The maximum absolute atomic E-state index is 12.6. The van der Waals surface area contributed by atoms with Gasteiger partial charge in [-0.25, -0.2) is 13.6 Å². The van der Waals surface area contributed by atoms with Crippen molar-refractivity contribution in [2.75, 3.05) is 38.0 Å². The van der Waals surface area contributed by atoms with Crippen molar-refractivity contribution in [1.82, 2.24) is 9.80 Å². The van der Waals surface area contributed by atoms with Gasteiger partial charge in [0, 0.05) is 37.4 Å². The molecule has 160 valence electrons. The summed E-state index contributed by atoms with van der Waals surface area (Å²) in [5.74, 6) is -0.190. The summed E-state index contributed by atoms with van der Waals surface area (Å²) in [6, 6.07) is 13.4. The fourth-order valence-corrected chi connectivity index (χ4v) is 3.82. The molecule has 0 spiro atoms. The Labute approximate surface area is 176 Å². The summed E-state index contributed by atoms with van der Waals surface area (Å²) in [6.45, 7) is 4.61. The third kappa shape index (κ3) is 5.65. The van der Waals surface area contributed by atoms with Crippen LogP contribution >= 0.6 is 0 Å². The molecule has 1 aliphatic heterocycles. The molecule has 3 rings (SSSR count). The van der Waals surface area contributed by atoms with Crippen LogP contribution < -0.4 is 10.5 Å². The number of nitrogens with two attached hydrogens (primary N) is 1. The number of piperazine rings is 1. The van der Waals surface area contributed by atoms with Crippen molar-refractivity contribution in [3.63, 3.8) is 0 Å². The van der Waals surface area contributed by atoms with E-state index >= 15 is 0 Å². The van der Waals surface area contributed by atoms with Crippen LogP contribution in [0.15, 0.2) is 53.4 Å². The van der Waals surface area contributed by atoms with Gasteiger partial charge in [-0.1, -0.05) is 19.1 Å². The molecule has 0 aromatic heterocycles. The Morgan fingerprint density at radius 3 is 2.10 bits per heavy atom. The molecule has 3 N–H and O–H groups in total. The molecule has 0 atom stereocenters. The van der Waals surface area contributed by atoms with E-state index in [1.165, 1.54) is 29.8 Å². The number of benzene rings is 2. The molecule has 1 heterocycles. The summed E-state index contributed by atoms with van der Waals surface area (Å²) in [5, 5.41) is 7.81. The van der Waals surface area contributed by atoms with Crippen molar-refractivity contribution in [1.29, 1.82) is 0 Å². The van der Waals surface area contributed by atoms with E-state index in [1.54, 1.807) is 4.90 Å². The average Bonchev–Trinajstić information content (AvgIpc) is 2.73. The minimum atomic E-state index is -3.76. The van der Waals surface area contributed by atoms with Crippen LogP contribution in [-0.2, 0) is 21.2 Å². The first-order chi connectivity index (χ1) is 14.3. The summed E-state index contributed by atoms with van der Waals surface area (Å²) in [4.78, 5) is 28.7. The highest BCUT2D eigenvalue weighted by molar-refractivity contribution is 7.89. The second-order valence-electron chi connectivity index (χ2n) is 7.24. The van der Waals surface area contributed by atoms with E-state index in [9.17, 15) is 18.0 Å². The van der Waals surface area contributed by atoms with Crippen molar-refractivity contribution in [3.8, 4) is 0 Å². The lowest BCUT2D eigenvalue weighted by atomic mass is 10.1. The topological polar surface area (TPSA) is 113 Å². The molecular formula is C21H26N4O4S. The zero-order chi connectivity index (χ0) is 21.7. The van der Waals surface area contributed by atoms with Gasteiger partial charge in [-0.2, -0.15) is 0 Å². The first-order valence-electron chi connectivity index (χ1n) is 9.79. The molecule has 2 aromatic carbocycles. The molecule has 8 nitrogen and oxygen atoms in total. The van der Waals surface area contributed by atoms with Gasteiger partial charge in [-0.15, -0.1) is 0 Å². The normalized spacial score (nSPS) is 15.1. The van der Waals surface area contributed by atoms with Gasteiger partial charge in [-0.05, 0) is 48.4 Å². The smallest absolute Gasteiger partial charge is 0.253 e. The van der Waals surface area contributed by atoms with Gasteiger partial charge < -0.3 is 10.2 Å². The average molecular weight is 431 g/mol. The number of primary sulfonamides is 1. The summed E-state index contributed by atoms with van der Waals surface area (Å²) >= 11 is 0. The Morgan fingerprint density at radius 1 is 0.967 bits per heavy atom. The van der Waals surface area contributed by atoms with E-state index in [-0.39, 0.29) is 23.3 Å². The molecule has 9 heteroatoms. The molecule has 0 unspecified atom stereocenters. The third-order valence-electron chi connectivity index (χ3n) is 5.10. The number of carbonyl (C=O) groups is 2. The summed E-state index contributed by atoms with van der Waals surface area (Å²) in [5.41, 5.74) is 2.37. The zero-order valence-electron chi connectivity index (χ0n) is 16.9. The molecule has 0 radical (unpaired) electrons. The van der Waals surface area contributed by atoms with E-state index in [1.807, 2.05) is 29.2 Å². The lowest BCUT2D eigenvalue weighted by Crippen LogP contribution is -2.50. The van der Waals surface area contributed by atoms with Gasteiger partial charge in [0.1, 0.15) is 0 Å². The first-order valence-corrected chi connectivity index (χ1v) is 11.3. The molecule has 2 aromatic rings. The zero-order valence-corrected chi connectivity index (χ0v) is 17.7. The van der Waals surface area contributed by atoms with E-state index in [4.69, 9.17) is 5.14 Å². The Kier molecular flexibility index (Phi) is 6.86. The number of amides is 2. The van der Waals surface area contributed by atoms with Crippen molar-refractivity contribution >= 4 is 27.5 Å². The Bertz CT molecular complexity index is 996. The molecule has 30 heavy (non-hydrogen) atoms. The lowest BCUT2D eigenvalue weighted by Gasteiger charge is -2.34. The number of rotatable bonds is 6. The minimum Gasteiger partial charge on any atom is -0.336 e. The largest absolute Gasteiger partial charge is 0.336 e. The molecular weight excluding hydrogens is 404 g/mol. The molecule has 2 amide bonds. The highest BCUT2D eigenvalue weighted by Crippen LogP contribution is 2.14. The predicted molar refractivity (Wildman–Crippen MR) is 115 cm³/mol. The number of nitrogens with zero attached hydrogens (tertiary/aromatic N) is 2. The summed E-state index contributed by atoms with van der Waals surface area (Å²) < 4.78 is 22.6. The van der Waals surface area contributed by atoms with Gasteiger partial charge in [0.15, 0.2) is 0 Å². The standard InChI is InChI=1S/C21H26N4O4S/c1-2-16-3-5-17(6-4-16)21(27)25-13-11-24(12-14-25)15-20(26)23-18-7-9-19(10-8-18)30(22,28)29/h3-10H,2,11-15H2,1H3,(H,23,26)(H2,22,28,29). The van der Waals surface area contributed by atoms with Crippen LogP contribution in [0, 0.1) is 0 Å². The fourth-order valence-electron chi connectivity index (χ4n) is 3.31. The number of hydrogen-bond donors (Lipinski definition) is 2. The maximum Gasteiger partial charge on any atom is 0.253 e. The SMILES string of the molecule is CCc1ccc(C(=O)N2CCN(CC(=O)Nc3ccc(S(N)(=O)=O)cc3)CC2)cc1. The number of sulfonamides is 1. The number of nitrogens with one attached hydrogen (secondary N) is 1. The third-order valence-corrected chi connectivity index (χ3v) is 6.03. The van der Waals surface area contributed by atoms with Gasteiger partial charge in [0.25, 0.3) is 5.91 Å². The van der Waals surface area contributed by atoms with Crippen molar-refractivity contribution in [2.45, 2.75) is 18.2 Å². The van der Waals surface area contributed by atoms with E-state index in [0.29, 0.717) is 37.4 Å². The fraction of sp³-hybridized carbons (Fsp3) is 0.333. The molecule has 1 fully saturated rings. The van der Waals surface area contributed by atoms with Crippen LogP contribution in [0.25, 0.3) is 0 Å². The number of hydrogen-bond acceptors (Lipinski definition) is 5. The Balaban J connectivity index is 1.48. The highest BCUT2D eigenvalue weighted by Gasteiger charge is 2.23. The second-order valence-corrected chi connectivity index (χ2v) is 8.80. The van der Waals surface area contributed by atoms with Gasteiger partial charge in [-0.3, -0.25) is 14.5 Å². The monoisotopic (exact) mass is 430 g/mol. The lowest BCUT2D eigenvalue weighted by molar-refractivity contribution is -0.117. The first kappa shape index (κ1) is 21.9. The van der Waals surface area contributed by atoms with Gasteiger partial charge in [0.2, 0.25) is 15.9 Å². The van der Waals surface area contributed by atoms with Crippen molar-refractivity contribution in [2.24, 2.45) is 5.14 Å². The predicted octanol–water partition coefficient (Wildman–Crippen LogP) is 1.29. The molecule has 0 aliphatic carbocycles. The maximum atomic E-state index is 12.6. The number of aryl methyl sites for hydroxylation is 1. The minimum absolute atomic E-state index is 0.00868. The van der Waals surface area contributed by atoms with Crippen LogP contribution in [0.2, 0.25) is 0 Å². The van der Waals surface area contributed by atoms with Crippen LogP contribution in [0.1, 0.15) is 22.8 Å². The van der Waals surface area contributed by atoms with Crippen LogP contribution in [-0.4, -0.2) is 62.8 Å². The van der Waals surface area contributed by atoms with E-state index < -0.39 is 10.0 Å². The van der Waals surface area contributed by atoms with Gasteiger partial charge >= 0.3 is 0 Å².